The lowest BCUT2D eigenvalue weighted by molar-refractivity contribution is -0.133. The predicted octanol–water partition coefficient (Wildman–Crippen LogP) is 3.31. The molecule has 1 amide bonds. The molecule has 0 fully saturated rings. The molecule has 0 unspecified atom stereocenters. The number of aromatic nitrogens is 3. The minimum absolute atomic E-state index is 0.0836. The van der Waals surface area contributed by atoms with Gasteiger partial charge in [0.25, 0.3) is 0 Å². The van der Waals surface area contributed by atoms with Crippen LogP contribution in [0.5, 0.6) is 5.75 Å². The van der Waals surface area contributed by atoms with Crippen molar-refractivity contribution >= 4 is 5.91 Å². The molecule has 4 rings (SSSR count). The Labute approximate surface area is 189 Å². The van der Waals surface area contributed by atoms with Crippen LogP contribution in [0, 0.1) is 13.8 Å². The minimum Gasteiger partial charge on any atom is -0.491 e. The van der Waals surface area contributed by atoms with Crippen molar-refractivity contribution in [3.63, 3.8) is 0 Å². The highest BCUT2D eigenvalue weighted by atomic mass is 16.5. The van der Waals surface area contributed by atoms with Gasteiger partial charge in [0.15, 0.2) is 0 Å². The van der Waals surface area contributed by atoms with Crippen molar-refractivity contribution in [3.05, 3.63) is 76.9 Å². The molecule has 0 spiro atoms. The second-order valence-corrected chi connectivity index (χ2v) is 8.06. The molecule has 0 N–H and O–H groups in total. The van der Waals surface area contributed by atoms with Gasteiger partial charge in [0, 0.05) is 25.9 Å². The Morgan fingerprint density at radius 3 is 2.72 bits per heavy atom. The number of para-hydroxylation sites is 1. The molecule has 0 radical (unpaired) electrons. The Morgan fingerprint density at radius 1 is 1.03 bits per heavy atom. The Bertz CT molecular complexity index is 1060. The van der Waals surface area contributed by atoms with Crippen LogP contribution in [-0.4, -0.2) is 51.9 Å². The van der Waals surface area contributed by atoms with Gasteiger partial charge in [-0.3, -0.25) is 4.79 Å². The van der Waals surface area contributed by atoms with E-state index >= 15 is 0 Å². The second-order valence-electron chi connectivity index (χ2n) is 8.06. The van der Waals surface area contributed by atoms with Crippen molar-refractivity contribution in [1.82, 2.24) is 19.7 Å². The highest BCUT2D eigenvalue weighted by molar-refractivity contribution is 5.76. The molecule has 0 saturated heterocycles. The van der Waals surface area contributed by atoms with E-state index in [0.29, 0.717) is 45.9 Å². The third-order valence-electron chi connectivity index (χ3n) is 5.58. The molecular formula is C25H30N4O3. The fraction of sp³-hybridized carbons (Fsp3) is 0.400. The molecule has 32 heavy (non-hydrogen) atoms. The van der Waals surface area contributed by atoms with E-state index in [2.05, 4.69) is 40.4 Å². The molecule has 168 valence electrons. The number of nitrogens with zero attached hydrogens (tertiary/aromatic N) is 4. The van der Waals surface area contributed by atoms with Gasteiger partial charge in [-0.2, -0.15) is 5.10 Å². The summed E-state index contributed by atoms with van der Waals surface area (Å²) < 4.78 is 13.5. The smallest absolute Gasteiger partial charge is 0.224 e. The summed E-state index contributed by atoms with van der Waals surface area (Å²) >= 11 is 0. The topological polar surface area (TPSA) is 69.5 Å². The van der Waals surface area contributed by atoms with Gasteiger partial charge < -0.3 is 14.4 Å². The van der Waals surface area contributed by atoms with Crippen LogP contribution in [-0.2, 0) is 29.0 Å². The Balaban J connectivity index is 1.50. The fourth-order valence-corrected chi connectivity index (χ4v) is 3.98. The summed E-state index contributed by atoms with van der Waals surface area (Å²) in [5, 5.41) is 4.37. The quantitative estimate of drug-likeness (QED) is 0.633. The average molecular weight is 435 g/mol. The summed E-state index contributed by atoms with van der Waals surface area (Å²) in [5.41, 5.74) is 3.46. The molecular weight excluding hydrogens is 404 g/mol. The first-order valence-electron chi connectivity index (χ1n) is 11.1. The number of rotatable bonds is 3. The number of carbonyl (C=O) groups is 1. The molecule has 1 aliphatic heterocycles. The van der Waals surface area contributed by atoms with Crippen molar-refractivity contribution in [1.29, 1.82) is 0 Å². The van der Waals surface area contributed by atoms with E-state index in [1.165, 1.54) is 5.56 Å². The first-order chi connectivity index (χ1) is 15.6. The molecule has 7 nitrogen and oxygen atoms in total. The third-order valence-corrected chi connectivity index (χ3v) is 5.58. The molecule has 3 aromatic rings. The molecule has 7 heteroatoms. The van der Waals surface area contributed by atoms with Gasteiger partial charge in [-0.1, -0.05) is 42.5 Å². The summed E-state index contributed by atoms with van der Waals surface area (Å²) in [6, 6.07) is 16.5. The summed E-state index contributed by atoms with van der Waals surface area (Å²) in [7, 11) is 0. The van der Waals surface area contributed by atoms with Gasteiger partial charge in [0.1, 0.15) is 24.0 Å². The van der Waals surface area contributed by atoms with Crippen molar-refractivity contribution in [2.24, 2.45) is 0 Å². The van der Waals surface area contributed by atoms with Crippen molar-refractivity contribution in [2.45, 2.75) is 39.8 Å². The summed E-state index contributed by atoms with van der Waals surface area (Å²) in [5.74, 6) is 2.53. The van der Waals surface area contributed by atoms with Crippen molar-refractivity contribution < 1.29 is 14.3 Å². The lowest BCUT2D eigenvalue weighted by Gasteiger charge is -2.24. The van der Waals surface area contributed by atoms with Crippen LogP contribution in [0.25, 0.3) is 0 Å². The van der Waals surface area contributed by atoms with Crippen LogP contribution >= 0.6 is 0 Å². The molecule has 2 heterocycles. The van der Waals surface area contributed by atoms with Crippen LogP contribution in [0.3, 0.4) is 0 Å². The van der Waals surface area contributed by atoms with Gasteiger partial charge in [-0.25, -0.2) is 9.67 Å². The van der Waals surface area contributed by atoms with Gasteiger partial charge in [-0.15, -0.1) is 0 Å². The normalized spacial score (nSPS) is 14.9. The van der Waals surface area contributed by atoms with E-state index in [-0.39, 0.29) is 5.91 Å². The van der Waals surface area contributed by atoms with E-state index in [0.717, 1.165) is 34.9 Å². The number of hydrogen-bond donors (Lipinski definition) is 0. The summed E-state index contributed by atoms with van der Waals surface area (Å²) in [4.78, 5) is 19.3. The Morgan fingerprint density at radius 2 is 1.88 bits per heavy atom. The number of benzene rings is 2. The van der Waals surface area contributed by atoms with Crippen LogP contribution in [0.15, 0.2) is 48.5 Å². The van der Waals surface area contributed by atoms with Gasteiger partial charge in [0.2, 0.25) is 5.91 Å². The van der Waals surface area contributed by atoms with Crippen LogP contribution < -0.4 is 4.74 Å². The van der Waals surface area contributed by atoms with Crippen LogP contribution in [0.4, 0.5) is 0 Å². The average Bonchev–Trinajstić information content (AvgIpc) is 3.11. The molecule has 2 bridgehead atoms. The number of carbonyl (C=O) groups excluding carboxylic acids is 1. The Hall–Kier alpha value is -3.19. The fourth-order valence-electron chi connectivity index (χ4n) is 3.98. The molecule has 2 aromatic carbocycles. The monoisotopic (exact) mass is 434 g/mol. The first-order valence-corrected chi connectivity index (χ1v) is 11.1. The zero-order chi connectivity index (χ0) is 22.3. The highest BCUT2D eigenvalue weighted by Crippen LogP contribution is 2.22. The van der Waals surface area contributed by atoms with Crippen molar-refractivity contribution in [2.75, 3.05) is 26.4 Å². The maximum atomic E-state index is 13.1. The standard InChI is InChI=1S/C25H30N4O3/c1-19-26-20(2)29(27-19)11-10-25(30)28-12-13-31-14-15-32-24-9-4-3-8-23(24)17-21-6-5-7-22(16-21)18-28/h3-9,16H,10-15,17-18H2,1-2H3. The van der Waals surface area contributed by atoms with E-state index in [1.807, 2.05) is 36.9 Å². The number of aryl methyl sites for hydroxylation is 3. The minimum atomic E-state index is 0.0836. The van der Waals surface area contributed by atoms with Gasteiger partial charge in [0.05, 0.1) is 19.8 Å². The maximum Gasteiger partial charge on any atom is 0.224 e. The molecule has 1 aliphatic rings. The lowest BCUT2D eigenvalue weighted by atomic mass is 10.0. The zero-order valence-electron chi connectivity index (χ0n) is 18.8. The molecule has 0 saturated carbocycles. The predicted molar refractivity (Wildman–Crippen MR) is 122 cm³/mol. The number of amides is 1. The second kappa shape index (κ2) is 10.4. The van der Waals surface area contributed by atoms with E-state index < -0.39 is 0 Å². The van der Waals surface area contributed by atoms with Gasteiger partial charge >= 0.3 is 0 Å². The number of ether oxygens (including phenoxy) is 2. The first kappa shape index (κ1) is 22.0. The summed E-state index contributed by atoms with van der Waals surface area (Å²) in [6.45, 7) is 6.82. The molecule has 0 atom stereocenters. The lowest BCUT2D eigenvalue weighted by Crippen LogP contribution is -2.34. The van der Waals surface area contributed by atoms with E-state index in [9.17, 15) is 4.79 Å². The Kier molecular flexibility index (Phi) is 7.17. The molecule has 0 aliphatic carbocycles. The maximum absolute atomic E-state index is 13.1. The van der Waals surface area contributed by atoms with Crippen molar-refractivity contribution in [3.8, 4) is 5.75 Å². The zero-order valence-corrected chi connectivity index (χ0v) is 18.8. The van der Waals surface area contributed by atoms with E-state index in [1.54, 1.807) is 4.68 Å². The SMILES string of the molecule is Cc1nc(C)n(CCC(=O)N2CCOCCOc3ccccc3Cc3cccc(c3)C2)n1. The highest BCUT2D eigenvalue weighted by Gasteiger charge is 2.16. The largest absolute Gasteiger partial charge is 0.491 e. The number of hydrogen-bond acceptors (Lipinski definition) is 5. The van der Waals surface area contributed by atoms with Crippen LogP contribution in [0.2, 0.25) is 0 Å². The van der Waals surface area contributed by atoms with E-state index in [4.69, 9.17) is 9.47 Å². The third kappa shape index (κ3) is 5.73. The van der Waals surface area contributed by atoms with Crippen LogP contribution in [0.1, 0.15) is 34.8 Å². The number of fused-ring (bicyclic) bond motifs is 3. The van der Waals surface area contributed by atoms with Gasteiger partial charge in [-0.05, 0) is 36.6 Å². The summed E-state index contributed by atoms with van der Waals surface area (Å²) in [6.07, 6.45) is 1.16. The molecule has 1 aromatic heterocycles.